The molecule has 15 heavy (non-hydrogen) atoms. The lowest BCUT2D eigenvalue weighted by atomic mass is 10.2. The molecule has 2 unspecified atom stereocenters. The van der Waals surface area contributed by atoms with Gasteiger partial charge in [0.25, 0.3) is 0 Å². The van der Waals surface area contributed by atoms with Crippen LogP contribution in [-0.4, -0.2) is 48.9 Å². The van der Waals surface area contributed by atoms with E-state index in [1.165, 1.54) is 0 Å². The Labute approximate surface area is 87.0 Å². The van der Waals surface area contributed by atoms with E-state index in [2.05, 4.69) is 15.4 Å². The molecule has 0 saturated carbocycles. The summed E-state index contributed by atoms with van der Waals surface area (Å²) in [5, 5.41) is 14.6. The molecule has 2 atom stereocenters. The molecule has 1 heterocycles. The summed E-state index contributed by atoms with van der Waals surface area (Å²) in [5.41, 5.74) is 4.73. The monoisotopic (exact) mass is 217 g/mol. The molecule has 0 aromatic rings. The van der Waals surface area contributed by atoms with Crippen LogP contribution in [-0.2, 0) is 9.53 Å². The number of hydrogen-bond donors (Lipinski definition) is 4. The first-order chi connectivity index (χ1) is 7.09. The highest BCUT2D eigenvalue weighted by molar-refractivity contribution is 5.82. The van der Waals surface area contributed by atoms with Gasteiger partial charge in [-0.2, -0.15) is 0 Å². The fourth-order valence-corrected chi connectivity index (χ4v) is 1.37. The number of rotatable bonds is 4. The second kappa shape index (κ2) is 5.52. The van der Waals surface area contributed by atoms with E-state index in [1.807, 2.05) is 0 Å². The third kappa shape index (κ3) is 4.13. The maximum atomic E-state index is 11.4. The second-order valence-electron chi connectivity index (χ2n) is 3.31. The highest BCUT2D eigenvalue weighted by Crippen LogP contribution is 2.05. The van der Waals surface area contributed by atoms with E-state index in [-0.39, 0.29) is 25.1 Å². The molecule has 2 amide bonds. The Bertz CT molecular complexity index is 246. The van der Waals surface area contributed by atoms with Crippen molar-refractivity contribution in [2.45, 2.75) is 18.6 Å². The van der Waals surface area contributed by atoms with Gasteiger partial charge in [-0.3, -0.25) is 4.79 Å². The predicted molar refractivity (Wildman–Crippen MR) is 51.0 cm³/mol. The normalized spacial score (nSPS) is 24.9. The molecule has 0 radical (unpaired) electrons. The summed E-state index contributed by atoms with van der Waals surface area (Å²) >= 11 is 0. The number of aliphatic hydroxyl groups is 1. The fourth-order valence-electron chi connectivity index (χ4n) is 1.37. The van der Waals surface area contributed by atoms with Gasteiger partial charge in [0.2, 0.25) is 5.91 Å². The number of ether oxygens (including phenoxy) is 1. The van der Waals surface area contributed by atoms with Crippen molar-refractivity contribution in [2.75, 3.05) is 19.7 Å². The number of nitrogens with two attached hydrogens (primary N) is 1. The van der Waals surface area contributed by atoms with Crippen molar-refractivity contribution in [3.05, 3.63) is 0 Å². The zero-order chi connectivity index (χ0) is 11.3. The summed E-state index contributed by atoms with van der Waals surface area (Å²) in [5.74, 6) is -0.209. The standard InChI is InChI=1S/C8H15N3O4/c9-8(14)15-2-1-10-7(13)6-3-5(12)4-11-6/h5-6,11-12H,1-4H2,(H2,9,14)(H,10,13). The van der Waals surface area contributed by atoms with Gasteiger partial charge in [0, 0.05) is 6.54 Å². The van der Waals surface area contributed by atoms with Crippen LogP contribution in [0.5, 0.6) is 0 Å². The molecular formula is C8H15N3O4. The Hall–Kier alpha value is -1.34. The lowest BCUT2D eigenvalue weighted by molar-refractivity contribution is -0.123. The summed E-state index contributed by atoms with van der Waals surface area (Å²) in [4.78, 5) is 21.6. The number of carbonyl (C=O) groups excluding carboxylic acids is 2. The number of amides is 2. The summed E-state index contributed by atoms with van der Waals surface area (Å²) < 4.78 is 4.43. The van der Waals surface area contributed by atoms with Crippen molar-refractivity contribution in [3.63, 3.8) is 0 Å². The highest BCUT2D eigenvalue weighted by atomic mass is 16.5. The smallest absolute Gasteiger partial charge is 0.404 e. The van der Waals surface area contributed by atoms with Crippen LogP contribution in [0.25, 0.3) is 0 Å². The van der Waals surface area contributed by atoms with Crippen LogP contribution in [0.4, 0.5) is 4.79 Å². The van der Waals surface area contributed by atoms with Crippen LogP contribution < -0.4 is 16.4 Å². The van der Waals surface area contributed by atoms with Gasteiger partial charge in [0.05, 0.1) is 18.7 Å². The molecule has 1 aliphatic heterocycles. The van der Waals surface area contributed by atoms with E-state index in [9.17, 15) is 9.59 Å². The zero-order valence-corrected chi connectivity index (χ0v) is 8.23. The Morgan fingerprint density at radius 2 is 2.33 bits per heavy atom. The first kappa shape index (κ1) is 11.7. The Balaban J connectivity index is 2.11. The van der Waals surface area contributed by atoms with Gasteiger partial charge in [-0.05, 0) is 6.42 Å². The number of nitrogens with one attached hydrogen (secondary N) is 2. The van der Waals surface area contributed by atoms with Crippen LogP contribution in [0.15, 0.2) is 0 Å². The van der Waals surface area contributed by atoms with E-state index in [4.69, 9.17) is 10.8 Å². The first-order valence-corrected chi connectivity index (χ1v) is 4.71. The number of hydrogen-bond acceptors (Lipinski definition) is 5. The molecular weight excluding hydrogens is 202 g/mol. The van der Waals surface area contributed by atoms with Crippen molar-refractivity contribution in [3.8, 4) is 0 Å². The number of carbonyl (C=O) groups is 2. The van der Waals surface area contributed by atoms with Crippen molar-refractivity contribution in [1.82, 2.24) is 10.6 Å². The molecule has 0 bridgehead atoms. The van der Waals surface area contributed by atoms with Gasteiger partial charge < -0.3 is 26.2 Å². The van der Waals surface area contributed by atoms with E-state index in [1.54, 1.807) is 0 Å². The quantitative estimate of drug-likeness (QED) is 0.404. The van der Waals surface area contributed by atoms with E-state index < -0.39 is 12.2 Å². The molecule has 1 rings (SSSR count). The lowest BCUT2D eigenvalue weighted by Crippen LogP contribution is -2.41. The third-order valence-electron chi connectivity index (χ3n) is 2.07. The van der Waals surface area contributed by atoms with Gasteiger partial charge >= 0.3 is 6.09 Å². The molecule has 5 N–H and O–H groups in total. The topological polar surface area (TPSA) is 114 Å². The average molecular weight is 217 g/mol. The average Bonchev–Trinajstić information content (AvgIpc) is 2.59. The number of β-amino-alcohol motifs (C(OH)–C–C–N with tert-alkyl or cyclic N) is 1. The molecule has 7 heteroatoms. The van der Waals surface area contributed by atoms with Gasteiger partial charge in [0.1, 0.15) is 6.61 Å². The minimum Gasteiger partial charge on any atom is -0.448 e. The molecule has 86 valence electrons. The van der Waals surface area contributed by atoms with Crippen molar-refractivity contribution >= 4 is 12.0 Å². The van der Waals surface area contributed by atoms with E-state index in [0.717, 1.165) is 0 Å². The van der Waals surface area contributed by atoms with E-state index >= 15 is 0 Å². The molecule has 1 fully saturated rings. The number of primary amides is 1. The second-order valence-corrected chi connectivity index (χ2v) is 3.31. The Morgan fingerprint density at radius 3 is 2.87 bits per heavy atom. The molecule has 0 aliphatic carbocycles. The summed E-state index contributed by atoms with van der Waals surface area (Å²) in [6.45, 7) is 0.697. The Morgan fingerprint density at radius 1 is 1.60 bits per heavy atom. The van der Waals surface area contributed by atoms with Crippen LogP contribution in [0.2, 0.25) is 0 Å². The SMILES string of the molecule is NC(=O)OCCNC(=O)C1CC(O)CN1. The van der Waals surface area contributed by atoms with E-state index in [0.29, 0.717) is 13.0 Å². The predicted octanol–water partition coefficient (Wildman–Crippen LogP) is -2.08. The fraction of sp³-hybridized carbons (Fsp3) is 0.750. The number of aliphatic hydroxyl groups excluding tert-OH is 1. The van der Waals surface area contributed by atoms with Gasteiger partial charge in [-0.15, -0.1) is 0 Å². The summed E-state index contributed by atoms with van der Waals surface area (Å²) in [6.07, 6.45) is -0.927. The minimum atomic E-state index is -0.862. The van der Waals surface area contributed by atoms with Crippen LogP contribution in [0, 0.1) is 0 Å². The molecule has 0 spiro atoms. The van der Waals surface area contributed by atoms with Crippen LogP contribution >= 0.6 is 0 Å². The molecule has 1 saturated heterocycles. The Kier molecular flexibility index (Phi) is 4.32. The van der Waals surface area contributed by atoms with Crippen molar-refractivity contribution in [1.29, 1.82) is 0 Å². The van der Waals surface area contributed by atoms with Gasteiger partial charge in [-0.25, -0.2) is 4.79 Å². The highest BCUT2D eigenvalue weighted by Gasteiger charge is 2.27. The first-order valence-electron chi connectivity index (χ1n) is 4.71. The zero-order valence-electron chi connectivity index (χ0n) is 8.23. The van der Waals surface area contributed by atoms with Gasteiger partial charge in [-0.1, -0.05) is 0 Å². The molecule has 7 nitrogen and oxygen atoms in total. The third-order valence-corrected chi connectivity index (χ3v) is 2.07. The van der Waals surface area contributed by atoms with Crippen LogP contribution in [0.3, 0.4) is 0 Å². The molecule has 1 aliphatic rings. The maximum absolute atomic E-state index is 11.4. The molecule has 0 aromatic heterocycles. The molecule has 0 aromatic carbocycles. The summed E-state index contributed by atoms with van der Waals surface area (Å²) in [6, 6.07) is -0.367. The maximum Gasteiger partial charge on any atom is 0.404 e. The van der Waals surface area contributed by atoms with Gasteiger partial charge in [0.15, 0.2) is 0 Å². The lowest BCUT2D eigenvalue weighted by Gasteiger charge is -2.10. The van der Waals surface area contributed by atoms with Crippen molar-refractivity contribution in [2.24, 2.45) is 5.73 Å². The summed E-state index contributed by atoms with van der Waals surface area (Å²) in [7, 11) is 0. The minimum absolute atomic E-state index is 0.0519. The largest absolute Gasteiger partial charge is 0.448 e. The van der Waals surface area contributed by atoms with Crippen molar-refractivity contribution < 1.29 is 19.4 Å². The van der Waals surface area contributed by atoms with Crippen LogP contribution in [0.1, 0.15) is 6.42 Å².